The van der Waals surface area contributed by atoms with E-state index in [9.17, 15) is 9.59 Å². The molecule has 1 saturated carbocycles. The van der Waals surface area contributed by atoms with Crippen LogP contribution in [-0.4, -0.2) is 28.5 Å². The predicted octanol–water partition coefficient (Wildman–Crippen LogP) is 4.67. The number of nitrogens with one attached hydrogen (secondary N) is 1. The van der Waals surface area contributed by atoms with E-state index in [1.807, 2.05) is 29.6 Å². The second-order valence-corrected chi connectivity index (χ2v) is 9.03. The number of rotatable bonds is 8. The second kappa shape index (κ2) is 10.0. The van der Waals surface area contributed by atoms with E-state index in [0.717, 1.165) is 34.9 Å². The highest BCUT2D eigenvalue weighted by Gasteiger charge is 2.17. The van der Waals surface area contributed by atoms with Gasteiger partial charge < -0.3 is 5.32 Å². The van der Waals surface area contributed by atoms with Crippen LogP contribution in [0.1, 0.15) is 60.6 Å². The molecule has 144 valence electrons. The van der Waals surface area contributed by atoms with Crippen molar-refractivity contribution >= 4 is 34.8 Å². The molecule has 2 aromatic rings. The average Bonchev–Trinajstić information content (AvgIpc) is 3.14. The molecular weight excluding hydrogens is 376 g/mol. The van der Waals surface area contributed by atoms with E-state index >= 15 is 0 Å². The van der Waals surface area contributed by atoms with Gasteiger partial charge in [0, 0.05) is 17.0 Å². The maximum atomic E-state index is 12.3. The Hall–Kier alpha value is -1.66. The molecule has 0 aliphatic heterocycles. The Morgan fingerprint density at radius 2 is 1.93 bits per heavy atom. The molecule has 4 nitrogen and oxygen atoms in total. The Morgan fingerprint density at radius 3 is 2.63 bits per heavy atom. The van der Waals surface area contributed by atoms with E-state index in [1.165, 1.54) is 47.9 Å². The van der Waals surface area contributed by atoms with Crippen molar-refractivity contribution in [2.45, 2.75) is 62.3 Å². The number of nitrogens with zero attached hydrogens (tertiary/aromatic N) is 1. The first-order chi connectivity index (χ1) is 13.1. The van der Waals surface area contributed by atoms with Gasteiger partial charge in [-0.3, -0.25) is 9.59 Å². The molecule has 1 aromatic carbocycles. The first-order valence-corrected chi connectivity index (χ1v) is 11.5. The molecule has 1 N–H and O–H groups in total. The van der Waals surface area contributed by atoms with Gasteiger partial charge in [-0.25, -0.2) is 4.98 Å². The van der Waals surface area contributed by atoms with Crippen LogP contribution in [0.5, 0.6) is 0 Å². The summed E-state index contributed by atoms with van der Waals surface area (Å²) >= 11 is 2.94. The third-order valence-electron chi connectivity index (χ3n) is 4.85. The lowest BCUT2D eigenvalue weighted by atomic mass is 9.95. The lowest BCUT2D eigenvalue weighted by Gasteiger charge is -2.22. The summed E-state index contributed by atoms with van der Waals surface area (Å²) in [4.78, 5) is 29.0. The summed E-state index contributed by atoms with van der Waals surface area (Å²) in [5, 5.41) is 5.04. The van der Waals surface area contributed by atoms with Gasteiger partial charge in [-0.1, -0.05) is 62.2 Å². The maximum absolute atomic E-state index is 12.3. The van der Waals surface area contributed by atoms with Crippen molar-refractivity contribution < 1.29 is 9.59 Å². The van der Waals surface area contributed by atoms with Crippen LogP contribution >= 0.6 is 23.1 Å². The average molecular weight is 403 g/mol. The second-order valence-electron chi connectivity index (χ2n) is 6.95. The van der Waals surface area contributed by atoms with E-state index in [-0.39, 0.29) is 11.7 Å². The Bertz CT molecular complexity index is 765. The number of thioether (sulfide) groups is 1. The maximum Gasteiger partial charge on any atom is 0.226 e. The molecule has 0 atom stereocenters. The fraction of sp³-hybridized carbons (Fsp3) is 0.476. The molecule has 0 unspecified atom stereocenters. The van der Waals surface area contributed by atoms with Crippen LogP contribution < -0.4 is 5.32 Å². The summed E-state index contributed by atoms with van der Waals surface area (Å²) in [6, 6.07) is 8.12. The summed E-state index contributed by atoms with van der Waals surface area (Å²) in [5.74, 6) is 0.525. The van der Waals surface area contributed by atoms with Crippen molar-refractivity contribution in [3.63, 3.8) is 0 Å². The summed E-state index contributed by atoms with van der Waals surface area (Å²) < 4.78 is 0.842. The molecule has 0 saturated heterocycles. The van der Waals surface area contributed by atoms with Crippen LogP contribution in [0.4, 0.5) is 0 Å². The normalized spacial score (nSPS) is 14.9. The summed E-state index contributed by atoms with van der Waals surface area (Å²) in [5.41, 5.74) is 2.76. The van der Waals surface area contributed by atoms with Crippen LogP contribution in [0.3, 0.4) is 0 Å². The smallest absolute Gasteiger partial charge is 0.226 e. The summed E-state index contributed by atoms with van der Waals surface area (Å²) in [6.45, 7) is 2.10. The number of benzene rings is 1. The van der Waals surface area contributed by atoms with Crippen LogP contribution in [0.2, 0.25) is 0 Å². The Labute approximate surface area is 169 Å². The topological polar surface area (TPSA) is 59.1 Å². The number of hydrogen-bond acceptors (Lipinski definition) is 5. The SMILES string of the molecule is CCc1ccc(C(=O)CSc2nc(CC(=O)NC3CCCCC3)cs2)cc1. The van der Waals surface area contributed by atoms with Gasteiger partial charge in [0.25, 0.3) is 0 Å². The minimum Gasteiger partial charge on any atom is -0.353 e. The van der Waals surface area contributed by atoms with Crippen LogP contribution in [0.15, 0.2) is 34.0 Å². The third-order valence-corrected chi connectivity index (χ3v) is 6.92. The van der Waals surface area contributed by atoms with Crippen LogP contribution in [-0.2, 0) is 17.6 Å². The van der Waals surface area contributed by atoms with Gasteiger partial charge in [-0.15, -0.1) is 11.3 Å². The molecule has 1 aromatic heterocycles. The van der Waals surface area contributed by atoms with E-state index in [2.05, 4.69) is 17.2 Å². The molecule has 0 radical (unpaired) electrons. The predicted molar refractivity (Wildman–Crippen MR) is 112 cm³/mol. The van der Waals surface area contributed by atoms with E-state index in [4.69, 9.17) is 0 Å². The largest absolute Gasteiger partial charge is 0.353 e. The Morgan fingerprint density at radius 1 is 1.19 bits per heavy atom. The molecule has 27 heavy (non-hydrogen) atoms. The number of aryl methyl sites for hydroxylation is 1. The highest BCUT2D eigenvalue weighted by molar-refractivity contribution is 8.01. The number of carbonyl (C=O) groups is 2. The number of amides is 1. The minimum atomic E-state index is 0.0517. The summed E-state index contributed by atoms with van der Waals surface area (Å²) in [7, 11) is 0. The van der Waals surface area contributed by atoms with Crippen molar-refractivity contribution in [3.05, 3.63) is 46.5 Å². The molecule has 0 bridgehead atoms. The molecular formula is C21H26N2O2S2. The number of thiazole rings is 1. The molecule has 0 spiro atoms. The lowest BCUT2D eigenvalue weighted by Crippen LogP contribution is -2.37. The first-order valence-electron chi connectivity index (χ1n) is 9.62. The quantitative estimate of drug-likeness (QED) is 0.515. The Balaban J connectivity index is 1.45. The highest BCUT2D eigenvalue weighted by atomic mass is 32.2. The van der Waals surface area contributed by atoms with Gasteiger partial charge in [0.15, 0.2) is 10.1 Å². The molecule has 1 fully saturated rings. The van der Waals surface area contributed by atoms with E-state index in [1.54, 1.807) is 0 Å². The van der Waals surface area contributed by atoms with Gasteiger partial charge in [-0.05, 0) is 24.8 Å². The van der Waals surface area contributed by atoms with Crippen molar-refractivity contribution in [3.8, 4) is 0 Å². The molecule has 3 rings (SSSR count). The van der Waals surface area contributed by atoms with Crippen molar-refractivity contribution in [1.29, 1.82) is 0 Å². The monoisotopic (exact) mass is 402 g/mol. The van der Waals surface area contributed by atoms with E-state index < -0.39 is 0 Å². The minimum absolute atomic E-state index is 0.0517. The van der Waals surface area contributed by atoms with E-state index in [0.29, 0.717) is 18.2 Å². The number of aromatic nitrogens is 1. The molecule has 1 aliphatic carbocycles. The van der Waals surface area contributed by atoms with Crippen LogP contribution in [0, 0.1) is 0 Å². The van der Waals surface area contributed by atoms with Gasteiger partial charge >= 0.3 is 0 Å². The lowest BCUT2D eigenvalue weighted by molar-refractivity contribution is -0.121. The van der Waals surface area contributed by atoms with Gasteiger partial charge in [0.1, 0.15) is 0 Å². The van der Waals surface area contributed by atoms with Gasteiger partial charge in [0.2, 0.25) is 5.91 Å². The van der Waals surface area contributed by atoms with Gasteiger partial charge in [0.05, 0.1) is 17.9 Å². The van der Waals surface area contributed by atoms with Gasteiger partial charge in [-0.2, -0.15) is 0 Å². The molecule has 1 aliphatic rings. The van der Waals surface area contributed by atoms with Crippen molar-refractivity contribution in [2.75, 3.05) is 5.75 Å². The first kappa shape index (κ1) is 20.1. The molecule has 1 heterocycles. The van der Waals surface area contributed by atoms with Crippen LogP contribution in [0.25, 0.3) is 0 Å². The molecule has 6 heteroatoms. The number of carbonyl (C=O) groups excluding carboxylic acids is 2. The zero-order chi connectivity index (χ0) is 19.1. The number of hydrogen-bond donors (Lipinski definition) is 1. The summed E-state index contributed by atoms with van der Waals surface area (Å²) in [6.07, 6.45) is 7.16. The number of ketones is 1. The Kier molecular flexibility index (Phi) is 7.47. The molecule has 1 amide bonds. The third kappa shape index (κ3) is 6.18. The van der Waals surface area contributed by atoms with Crippen molar-refractivity contribution in [1.82, 2.24) is 10.3 Å². The fourth-order valence-corrected chi connectivity index (χ4v) is 5.00. The zero-order valence-corrected chi connectivity index (χ0v) is 17.3. The van der Waals surface area contributed by atoms with Crippen molar-refractivity contribution in [2.24, 2.45) is 0 Å². The highest BCUT2D eigenvalue weighted by Crippen LogP contribution is 2.24. The number of Topliss-reactive ketones (excluding diaryl/α,β-unsaturated/α-hetero) is 1. The zero-order valence-electron chi connectivity index (χ0n) is 15.7. The standard InChI is InChI=1S/C21H26N2O2S2/c1-2-15-8-10-16(11-9-15)19(24)14-27-21-23-18(13-26-21)12-20(25)22-17-6-4-3-5-7-17/h8-11,13,17H,2-7,12,14H2,1H3,(H,22,25). The fourth-order valence-electron chi connectivity index (χ4n) is 3.26.